The molecule has 0 spiro atoms. The lowest BCUT2D eigenvalue weighted by Gasteiger charge is -2.37. The highest BCUT2D eigenvalue weighted by atomic mass is 14.9. The van der Waals surface area contributed by atoms with Crippen LogP contribution in [0.3, 0.4) is 0 Å². The minimum atomic E-state index is 0.597. The Labute approximate surface area is 165 Å². The Bertz CT molecular complexity index is 784. The van der Waals surface area contributed by atoms with Crippen molar-refractivity contribution >= 4 is 11.0 Å². The Kier molecular flexibility index (Phi) is 6.41. The number of imidazole rings is 1. The second-order valence-corrected chi connectivity index (χ2v) is 9.33. The van der Waals surface area contributed by atoms with E-state index in [1.807, 2.05) is 0 Å². The van der Waals surface area contributed by atoms with Gasteiger partial charge in [0.1, 0.15) is 5.82 Å². The van der Waals surface area contributed by atoms with Gasteiger partial charge in [-0.05, 0) is 68.0 Å². The topological polar surface area (TPSA) is 40.7 Å². The van der Waals surface area contributed by atoms with Crippen molar-refractivity contribution in [1.29, 1.82) is 0 Å². The fourth-order valence-corrected chi connectivity index (χ4v) is 4.60. The fraction of sp³-hybridized carbons (Fsp3) is 0.625. The maximum absolute atomic E-state index is 4.90. The molecule has 0 unspecified atom stereocenters. The molecule has 1 aliphatic rings. The number of rotatable bonds is 7. The molecule has 1 aliphatic carbocycles. The molecule has 0 fully saturated rings. The van der Waals surface area contributed by atoms with Gasteiger partial charge in [-0.25, -0.2) is 4.98 Å². The molecule has 148 valence electrons. The van der Waals surface area contributed by atoms with E-state index in [0.29, 0.717) is 23.7 Å². The quantitative estimate of drug-likeness (QED) is 0.633. The standard InChI is InChI=1S/C24H37N3/c1-15(2)13-25-14-20-10-18(6)19(11-21(20)16(3)4)12-23-26-22-9-7-8-17(5)24(22)27-23/h7-10,15-16,19-21,25H,11-14H2,1-6H3,(H,26,27)/t19-,20-,21-/m0/s1. The van der Waals surface area contributed by atoms with Crippen molar-refractivity contribution in [2.75, 3.05) is 13.1 Å². The SMILES string of the molecule is CC1=C[C@@H](CNCC(C)C)[C@H](C(C)C)C[C@H]1Cc1nc2c(C)cccc2[nH]1. The van der Waals surface area contributed by atoms with E-state index in [0.717, 1.165) is 36.8 Å². The first-order valence-corrected chi connectivity index (χ1v) is 10.7. The number of hydrogen-bond acceptors (Lipinski definition) is 2. The van der Waals surface area contributed by atoms with E-state index in [-0.39, 0.29) is 0 Å². The van der Waals surface area contributed by atoms with Crippen LogP contribution in [0.4, 0.5) is 0 Å². The summed E-state index contributed by atoms with van der Waals surface area (Å²) in [4.78, 5) is 8.46. The van der Waals surface area contributed by atoms with E-state index in [1.54, 1.807) is 5.57 Å². The molecule has 3 rings (SSSR count). The largest absolute Gasteiger partial charge is 0.342 e. The molecule has 3 heteroatoms. The first-order valence-electron chi connectivity index (χ1n) is 10.7. The van der Waals surface area contributed by atoms with Gasteiger partial charge in [-0.15, -0.1) is 0 Å². The van der Waals surface area contributed by atoms with Gasteiger partial charge in [0.2, 0.25) is 0 Å². The van der Waals surface area contributed by atoms with Gasteiger partial charge in [0.05, 0.1) is 11.0 Å². The average Bonchev–Trinajstić information content (AvgIpc) is 3.00. The average molecular weight is 368 g/mol. The van der Waals surface area contributed by atoms with Crippen molar-refractivity contribution in [3.63, 3.8) is 0 Å². The van der Waals surface area contributed by atoms with Crippen LogP contribution < -0.4 is 5.32 Å². The molecule has 3 nitrogen and oxygen atoms in total. The minimum absolute atomic E-state index is 0.597. The zero-order valence-corrected chi connectivity index (χ0v) is 18.0. The van der Waals surface area contributed by atoms with Crippen molar-refractivity contribution in [1.82, 2.24) is 15.3 Å². The second-order valence-electron chi connectivity index (χ2n) is 9.33. The number of nitrogens with one attached hydrogen (secondary N) is 2. The summed E-state index contributed by atoms with van der Waals surface area (Å²) in [7, 11) is 0. The van der Waals surface area contributed by atoms with E-state index in [4.69, 9.17) is 4.98 Å². The predicted octanol–water partition coefficient (Wildman–Crippen LogP) is 5.51. The van der Waals surface area contributed by atoms with E-state index < -0.39 is 0 Å². The Morgan fingerprint density at radius 3 is 2.63 bits per heavy atom. The smallest absolute Gasteiger partial charge is 0.107 e. The maximum Gasteiger partial charge on any atom is 0.107 e. The molecule has 0 radical (unpaired) electrons. The Balaban J connectivity index is 1.74. The van der Waals surface area contributed by atoms with Gasteiger partial charge in [-0.1, -0.05) is 51.5 Å². The van der Waals surface area contributed by atoms with E-state index in [9.17, 15) is 0 Å². The first kappa shape index (κ1) is 20.1. The van der Waals surface area contributed by atoms with Gasteiger partial charge in [0, 0.05) is 13.0 Å². The van der Waals surface area contributed by atoms with Crippen molar-refractivity contribution in [3.8, 4) is 0 Å². The van der Waals surface area contributed by atoms with Crippen LogP contribution in [0.2, 0.25) is 0 Å². The van der Waals surface area contributed by atoms with Gasteiger partial charge in [0.15, 0.2) is 0 Å². The summed E-state index contributed by atoms with van der Waals surface area (Å²) in [6.45, 7) is 16.0. The number of aromatic nitrogens is 2. The summed E-state index contributed by atoms with van der Waals surface area (Å²) >= 11 is 0. The molecule has 1 aromatic heterocycles. The summed E-state index contributed by atoms with van der Waals surface area (Å²) < 4.78 is 0. The Morgan fingerprint density at radius 2 is 1.96 bits per heavy atom. The molecular formula is C24H37N3. The predicted molar refractivity (Wildman–Crippen MR) is 116 cm³/mol. The summed E-state index contributed by atoms with van der Waals surface area (Å²) in [5, 5.41) is 3.69. The Hall–Kier alpha value is -1.61. The van der Waals surface area contributed by atoms with E-state index in [2.05, 4.69) is 76.1 Å². The molecule has 0 aliphatic heterocycles. The monoisotopic (exact) mass is 367 g/mol. The third kappa shape index (κ3) is 4.82. The molecule has 2 aromatic rings. The third-order valence-electron chi connectivity index (χ3n) is 6.22. The van der Waals surface area contributed by atoms with Crippen molar-refractivity contribution in [2.45, 2.75) is 54.4 Å². The molecule has 1 heterocycles. The van der Waals surface area contributed by atoms with Gasteiger partial charge in [-0.2, -0.15) is 0 Å². The van der Waals surface area contributed by atoms with Gasteiger partial charge in [0.25, 0.3) is 0 Å². The normalized spacial score (nSPS) is 23.4. The van der Waals surface area contributed by atoms with Crippen LogP contribution in [-0.4, -0.2) is 23.1 Å². The molecule has 0 saturated heterocycles. The zero-order valence-electron chi connectivity index (χ0n) is 18.0. The highest BCUT2D eigenvalue weighted by molar-refractivity contribution is 5.78. The van der Waals surface area contributed by atoms with Crippen molar-refractivity contribution in [3.05, 3.63) is 41.2 Å². The second kappa shape index (κ2) is 8.60. The minimum Gasteiger partial charge on any atom is -0.342 e. The Morgan fingerprint density at radius 1 is 1.19 bits per heavy atom. The van der Waals surface area contributed by atoms with Crippen LogP contribution in [0.15, 0.2) is 29.8 Å². The van der Waals surface area contributed by atoms with Crippen LogP contribution in [0.25, 0.3) is 11.0 Å². The van der Waals surface area contributed by atoms with Crippen LogP contribution >= 0.6 is 0 Å². The summed E-state index contributed by atoms with van der Waals surface area (Å²) in [5.74, 6) is 4.54. The highest BCUT2D eigenvalue weighted by Crippen LogP contribution is 2.38. The molecule has 27 heavy (non-hydrogen) atoms. The maximum atomic E-state index is 4.90. The number of fused-ring (bicyclic) bond motifs is 1. The highest BCUT2D eigenvalue weighted by Gasteiger charge is 2.31. The fourth-order valence-electron chi connectivity index (χ4n) is 4.60. The van der Waals surface area contributed by atoms with Crippen LogP contribution in [-0.2, 0) is 6.42 Å². The van der Waals surface area contributed by atoms with Gasteiger partial charge >= 0.3 is 0 Å². The molecule has 1 aromatic carbocycles. The summed E-state index contributed by atoms with van der Waals surface area (Å²) in [6.07, 6.45) is 4.84. The molecule has 0 bridgehead atoms. The van der Waals surface area contributed by atoms with Gasteiger partial charge < -0.3 is 10.3 Å². The summed E-state index contributed by atoms with van der Waals surface area (Å²) in [5.41, 5.74) is 5.09. The number of allylic oxidation sites excluding steroid dienone is 1. The van der Waals surface area contributed by atoms with E-state index >= 15 is 0 Å². The van der Waals surface area contributed by atoms with Crippen LogP contribution in [0.5, 0.6) is 0 Å². The third-order valence-corrected chi connectivity index (χ3v) is 6.22. The molecule has 3 atom stereocenters. The number of hydrogen-bond donors (Lipinski definition) is 2. The molecule has 2 N–H and O–H groups in total. The number of benzene rings is 1. The van der Waals surface area contributed by atoms with E-state index in [1.165, 1.54) is 17.5 Å². The summed E-state index contributed by atoms with van der Waals surface area (Å²) in [6, 6.07) is 6.38. The number of para-hydroxylation sites is 1. The number of H-pyrrole nitrogens is 1. The zero-order chi connectivity index (χ0) is 19.6. The lowest BCUT2D eigenvalue weighted by atomic mass is 9.69. The number of aromatic amines is 1. The first-order chi connectivity index (χ1) is 12.8. The molecular weight excluding hydrogens is 330 g/mol. The van der Waals surface area contributed by atoms with Crippen molar-refractivity contribution in [2.24, 2.45) is 29.6 Å². The van der Waals surface area contributed by atoms with Crippen LogP contribution in [0, 0.1) is 36.5 Å². The van der Waals surface area contributed by atoms with Crippen molar-refractivity contribution < 1.29 is 0 Å². The molecule has 0 amide bonds. The lowest BCUT2D eigenvalue weighted by Crippen LogP contribution is -2.36. The van der Waals surface area contributed by atoms with Crippen LogP contribution in [0.1, 0.15) is 52.4 Å². The lowest BCUT2D eigenvalue weighted by molar-refractivity contribution is 0.220. The van der Waals surface area contributed by atoms with Gasteiger partial charge in [-0.3, -0.25) is 0 Å². The number of nitrogens with zero attached hydrogens (tertiary/aromatic N) is 1. The molecule has 0 saturated carbocycles. The number of aryl methyl sites for hydroxylation is 1.